The lowest BCUT2D eigenvalue weighted by Crippen LogP contribution is -2.55. The molecule has 1 aliphatic heterocycles. The third-order valence-corrected chi connectivity index (χ3v) is 5.43. The summed E-state index contributed by atoms with van der Waals surface area (Å²) in [5.74, 6) is -2.28. The zero-order chi connectivity index (χ0) is 23.3. The minimum absolute atomic E-state index is 0.117. The Hall–Kier alpha value is -3.35. The summed E-state index contributed by atoms with van der Waals surface area (Å²) in [5.41, 5.74) is -1.27. The maximum atomic E-state index is 12.8. The third-order valence-electron chi connectivity index (χ3n) is 5.43. The molecule has 170 valence electrons. The van der Waals surface area contributed by atoms with Gasteiger partial charge in [-0.15, -0.1) is 0 Å². The second-order valence-electron chi connectivity index (χ2n) is 7.46. The molecular weight excluding hydrogens is 428 g/mol. The molecule has 1 aliphatic rings. The summed E-state index contributed by atoms with van der Waals surface area (Å²) in [6, 6.07) is 5.47. The minimum atomic E-state index is -1.79. The fourth-order valence-electron chi connectivity index (χ4n) is 3.76. The van der Waals surface area contributed by atoms with Crippen LogP contribution in [0, 0.1) is 0 Å². The summed E-state index contributed by atoms with van der Waals surface area (Å²) in [6.45, 7) is -0.722. The Morgan fingerprint density at radius 1 is 0.812 bits per heavy atom. The molecule has 1 fully saturated rings. The highest BCUT2D eigenvalue weighted by atomic mass is 16.5. The van der Waals surface area contributed by atoms with E-state index >= 15 is 0 Å². The van der Waals surface area contributed by atoms with Gasteiger partial charge in [0, 0.05) is 17.7 Å². The number of ether oxygens (including phenoxy) is 1. The number of hydrogen-bond donors (Lipinski definition) is 8. The minimum Gasteiger partial charge on any atom is -0.507 e. The summed E-state index contributed by atoms with van der Waals surface area (Å²) >= 11 is 0. The molecule has 5 atom stereocenters. The Labute approximate surface area is 179 Å². The van der Waals surface area contributed by atoms with Crippen molar-refractivity contribution >= 4 is 11.0 Å². The number of aromatic hydroxyl groups is 4. The van der Waals surface area contributed by atoms with Crippen molar-refractivity contribution in [3.05, 3.63) is 46.1 Å². The van der Waals surface area contributed by atoms with Crippen LogP contribution in [-0.2, 0) is 4.74 Å². The summed E-state index contributed by atoms with van der Waals surface area (Å²) < 4.78 is 11.2. The van der Waals surface area contributed by atoms with Crippen LogP contribution in [0.25, 0.3) is 22.3 Å². The summed E-state index contributed by atoms with van der Waals surface area (Å²) in [5, 5.41) is 79.7. The predicted octanol–water partition coefficient (Wildman–Crippen LogP) is -0.203. The first-order valence-corrected chi connectivity index (χ1v) is 9.49. The Kier molecular flexibility index (Phi) is 5.44. The van der Waals surface area contributed by atoms with Gasteiger partial charge in [-0.25, -0.2) is 0 Å². The molecule has 2 heterocycles. The molecule has 1 aromatic heterocycles. The molecule has 11 nitrogen and oxygen atoms in total. The maximum Gasteiger partial charge on any atom is 0.197 e. The Morgan fingerprint density at radius 2 is 1.53 bits per heavy atom. The van der Waals surface area contributed by atoms with E-state index in [0.717, 1.165) is 24.3 Å². The van der Waals surface area contributed by atoms with Crippen LogP contribution in [0.2, 0.25) is 0 Å². The number of fused-ring (bicyclic) bond motifs is 1. The van der Waals surface area contributed by atoms with Crippen molar-refractivity contribution in [2.75, 3.05) is 6.61 Å². The van der Waals surface area contributed by atoms with E-state index in [1.807, 2.05) is 0 Å². The van der Waals surface area contributed by atoms with Gasteiger partial charge in [0.25, 0.3) is 0 Å². The Morgan fingerprint density at radius 3 is 2.19 bits per heavy atom. The van der Waals surface area contributed by atoms with Gasteiger partial charge in [0.1, 0.15) is 53.2 Å². The van der Waals surface area contributed by atoms with Crippen LogP contribution in [0.4, 0.5) is 0 Å². The molecule has 0 amide bonds. The van der Waals surface area contributed by atoms with E-state index in [9.17, 15) is 45.6 Å². The number of hydrogen-bond acceptors (Lipinski definition) is 11. The zero-order valence-corrected chi connectivity index (χ0v) is 16.3. The molecule has 0 radical (unpaired) electrons. The molecule has 2 aromatic carbocycles. The van der Waals surface area contributed by atoms with Gasteiger partial charge in [0.15, 0.2) is 22.5 Å². The predicted molar refractivity (Wildman–Crippen MR) is 107 cm³/mol. The number of benzene rings is 2. The van der Waals surface area contributed by atoms with Crippen molar-refractivity contribution in [2.45, 2.75) is 30.5 Å². The van der Waals surface area contributed by atoms with Gasteiger partial charge >= 0.3 is 0 Å². The largest absolute Gasteiger partial charge is 0.507 e. The van der Waals surface area contributed by atoms with Crippen LogP contribution >= 0.6 is 0 Å². The van der Waals surface area contributed by atoms with Crippen molar-refractivity contribution in [3.63, 3.8) is 0 Å². The van der Waals surface area contributed by atoms with Crippen LogP contribution in [0.5, 0.6) is 23.0 Å². The highest BCUT2D eigenvalue weighted by Gasteiger charge is 2.46. The van der Waals surface area contributed by atoms with Crippen molar-refractivity contribution in [1.29, 1.82) is 0 Å². The molecule has 0 unspecified atom stereocenters. The molecular formula is C21H20O11. The number of rotatable bonds is 3. The molecule has 0 saturated carbocycles. The van der Waals surface area contributed by atoms with Crippen molar-refractivity contribution in [3.8, 4) is 34.3 Å². The van der Waals surface area contributed by atoms with E-state index in [-0.39, 0.29) is 27.9 Å². The molecule has 32 heavy (non-hydrogen) atoms. The van der Waals surface area contributed by atoms with Crippen molar-refractivity contribution in [2.24, 2.45) is 0 Å². The maximum absolute atomic E-state index is 12.8. The van der Waals surface area contributed by atoms with Gasteiger partial charge in [-0.1, -0.05) is 0 Å². The molecule has 0 spiro atoms. The van der Waals surface area contributed by atoms with E-state index in [0.29, 0.717) is 0 Å². The summed E-state index contributed by atoms with van der Waals surface area (Å²) in [6.07, 6.45) is -8.07. The second-order valence-corrected chi connectivity index (χ2v) is 7.46. The average Bonchev–Trinajstić information content (AvgIpc) is 2.74. The van der Waals surface area contributed by atoms with Crippen LogP contribution in [0.15, 0.2) is 39.5 Å². The lowest BCUT2D eigenvalue weighted by molar-refractivity contribution is -0.231. The number of aliphatic hydroxyl groups excluding tert-OH is 4. The zero-order valence-electron chi connectivity index (χ0n) is 16.3. The molecule has 1 saturated heterocycles. The van der Waals surface area contributed by atoms with Crippen molar-refractivity contribution in [1.82, 2.24) is 0 Å². The van der Waals surface area contributed by atoms with Crippen LogP contribution < -0.4 is 5.43 Å². The summed E-state index contributed by atoms with van der Waals surface area (Å²) in [7, 11) is 0. The smallest absolute Gasteiger partial charge is 0.197 e. The average molecular weight is 448 g/mol. The van der Waals surface area contributed by atoms with E-state index in [4.69, 9.17) is 9.15 Å². The molecule has 0 bridgehead atoms. The molecule has 3 aromatic rings. The quantitative estimate of drug-likeness (QED) is 0.247. The van der Waals surface area contributed by atoms with E-state index in [1.165, 1.54) is 6.07 Å². The number of aliphatic hydroxyl groups is 4. The molecule has 8 N–H and O–H groups in total. The number of phenolic OH excluding ortho intramolecular Hbond substituents is 4. The Balaban J connectivity index is 1.97. The standard InChI is InChI=1S/C21H20O11/c22-6-14-17(28)18(29)19(30)21(32-14)16-11(26)4-10(25)15-12(27)5-13(31-20(15)16)7-1-2-8(23)9(24)3-7/h1-5,14,17-19,21-26,28-30H,6H2/t14-,17-,18+,19+,21+/m1/s1. The fourth-order valence-corrected chi connectivity index (χ4v) is 3.76. The first-order chi connectivity index (χ1) is 15.1. The lowest BCUT2D eigenvalue weighted by atomic mass is 9.89. The van der Waals surface area contributed by atoms with Crippen LogP contribution in [0.1, 0.15) is 11.7 Å². The third kappa shape index (κ3) is 3.42. The van der Waals surface area contributed by atoms with Gasteiger partial charge in [-0.05, 0) is 18.2 Å². The molecule has 0 aliphatic carbocycles. The van der Waals surface area contributed by atoms with Crippen LogP contribution in [-0.4, -0.2) is 71.9 Å². The van der Waals surface area contributed by atoms with E-state index in [2.05, 4.69) is 0 Å². The Bertz CT molecular complexity index is 1230. The van der Waals surface area contributed by atoms with Gasteiger partial charge in [0.2, 0.25) is 0 Å². The highest BCUT2D eigenvalue weighted by molar-refractivity contribution is 5.89. The van der Waals surface area contributed by atoms with E-state index in [1.54, 1.807) is 0 Å². The monoisotopic (exact) mass is 448 g/mol. The molecule has 4 rings (SSSR count). The normalized spacial score (nSPS) is 25.8. The van der Waals surface area contributed by atoms with Gasteiger partial charge in [0.05, 0.1) is 12.2 Å². The number of phenols is 4. The van der Waals surface area contributed by atoms with Gasteiger partial charge in [-0.2, -0.15) is 0 Å². The van der Waals surface area contributed by atoms with Gasteiger partial charge in [-0.3, -0.25) is 4.79 Å². The topological polar surface area (TPSA) is 201 Å². The van der Waals surface area contributed by atoms with Crippen molar-refractivity contribution < 1.29 is 50.0 Å². The lowest BCUT2D eigenvalue weighted by Gasteiger charge is -2.40. The fraction of sp³-hybridized carbons (Fsp3) is 0.286. The first kappa shape index (κ1) is 21.9. The SMILES string of the molecule is O=c1cc(-c2ccc(O)c(O)c2)oc2c([C@@H]3O[C@H](CO)[C@@H](O)[C@H](O)[C@@H]3O)c(O)cc(O)c12. The van der Waals surface area contributed by atoms with E-state index < -0.39 is 65.6 Å². The van der Waals surface area contributed by atoms with Gasteiger partial charge < -0.3 is 50.0 Å². The molecule has 11 heteroatoms. The first-order valence-electron chi connectivity index (χ1n) is 9.49. The summed E-state index contributed by atoms with van der Waals surface area (Å²) in [4.78, 5) is 12.8. The highest BCUT2D eigenvalue weighted by Crippen LogP contribution is 2.44. The second kappa shape index (κ2) is 7.97. The van der Waals surface area contributed by atoms with Crippen LogP contribution in [0.3, 0.4) is 0 Å².